The number of phenols is 1. The minimum Gasteiger partial charge on any atom is -0.506 e. The van der Waals surface area contributed by atoms with E-state index in [-0.39, 0.29) is 18.1 Å². The second-order valence-corrected chi connectivity index (χ2v) is 5.24. The summed E-state index contributed by atoms with van der Waals surface area (Å²) in [6, 6.07) is 11.1. The standard InChI is InChI=1S/C18H16N2O3/c1-11-18(23)15(14(10-21)8-19-11)9-20-16-6-12-4-2-3-5-13(12)7-17(16)22/h2-9,21-23H,10H2,1H3. The molecule has 0 aliphatic carbocycles. The highest BCUT2D eigenvalue weighted by Gasteiger charge is 2.10. The van der Waals surface area contributed by atoms with E-state index >= 15 is 0 Å². The van der Waals surface area contributed by atoms with E-state index in [1.165, 1.54) is 12.4 Å². The number of benzene rings is 2. The third kappa shape index (κ3) is 2.86. The molecule has 5 nitrogen and oxygen atoms in total. The number of phenolic OH excluding ortho intramolecular Hbond substituents is 1. The molecular weight excluding hydrogens is 292 g/mol. The Hall–Kier alpha value is -2.92. The molecule has 3 rings (SSSR count). The Morgan fingerprint density at radius 1 is 1.13 bits per heavy atom. The second-order valence-electron chi connectivity index (χ2n) is 5.24. The highest BCUT2D eigenvalue weighted by molar-refractivity contribution is 5.92. The molecule has 0 spiro atoms. The van der Waals surface area contributed by atoms with Crippen molar-refractivity contribution in [1.82, 2.24) is 4.98 Å². The van der Waals surface area contributed by atoms with E-state index in [4.69, 9.17) is 0 Å². The highest BCUT2D eigenvalue weighted by Crippen LogP contribution is 2.32. The van der Waals surface area contributed by atoms with Gasteiger partial charge in [0.25, 0.3) is 0 Å². The molecule has 0 aliphatic heterocycles. The second kappa shape index (κ2) is 6.06. The zero-order valence-electron chi connectivity index (χ0n) is 12.6. The van der Waals surface area contributed by atoms with Crippen LogP contribution in [0, 0.1) is 6.92 Å². The Morgan fingerprint density at radius 3 is 2.52 bits per heavy atom. The van der Waals surface area contributed by atoms with Crippen LogP contribution in [0.25, 0.3) is 10.8 Å². The monoisotopic (exact) mass is 308 g/mol. The number of aliphatic imine (C=N–C) groups is 1. The number of hydrogen-bond acceptors (Lipinski definition) is 5. The van der Waals surface area contributed by atoms with Crippen molar-refractivity contribution in [3.05, 3.63) is 59.4 Å². The molecule has 116 valence electrons. The minimum absolute atomic E-state index is 0.0272. The molecule has 0 bridgehead atoms. The summed E-state index contributed by atoms with van der Waals surface area (Å²) >= 11 is 0. The van der Waals surface area contributed by atoms with E-state index in [1.807, 2.05) is 24.3 Å². The Morgan fingerprint density at radius 2 is 1.83 bits per heavy atom. The van der Waals surface area contributed by atoms with Gasteiger partial charge in [-0.05, 0) is 29.8 Å². The van der Waals surface area contributed by atoms with Gasteiger partial charge in [-0.15, -0.1) is 0 Å². The molecule has 0 radical (unpaired) electrons. The van der Waals surface area contributed by atoms with Crippen molar-refractivity contribution >= 4 is 22.7 Å². The SMILES string of the molecule is Cc1ncc(CO)c(C=Nc2cc3ccccc3cc2O)c1O. The van der Waals surface area contributed by atoms with Crippen molar-refractivity contribution in [2.24, 2.45) is 4.99 Å². The Balaban J connectivity index is 2.07. The van der Waals surface area contributed by atoms with Gasteiger partial charge in [-0.3, -0.25) is 9.98 Å². The number of aromatic nitrogens is 1. The van der Waals surface area contributed by atoms with E-state index in [0.29, 0.717) is 22.5 Å². The van der Waals surface area contributed by atoms with Gasteiger partial charge in [0.2, 0.25) is 0 Å². The lowest BCUT2D eigenvalue weighted by Crippen LogP contribution is -1.97. The summed E-state index contributed by atoms with van der Waals surface area (Å²) in [6.45, 7) is 1.41. The van der Waals surface area contributed by atoms with Crippen LogP contribution in [-0.2, 0) is 6.61 Å². The lowest BCUT2D eigenvalue weighted by atomic mass is 10.1. The Kier molecular flexibility index (Phi) is 3.95. The molecule has 0 saturated carbocycles. The van der Waals surface area contributed by atoms with Gasteiger partial charge in [-0.2, -0.15) is 0 Å². The lowest BCUT2D eigenvalue weighted by Gasteiger charge is -2.07. The zero-order chi connectivity index (χ0) is 16.4. The fourth-order valence-corrected chi connectivity index (χ4v) is 2.38. The van der Waals surface area contributed by atoms with Crippen LogP contribution in [-0.4, -0.2) is 26.5 Å². The van der Waals surface area contributed by atoms with Crippen molar-refractivity contribution in [2.45, 2.75) is 13.5 Å². The first kappa shape index (κ1) is 15.0. The largest absolute Gasteiger partial charge is 0.506 e. The smallest absolute Gasteiger partial charge is 0.145 e. The molecular formula is C18H16N2O3. The topological polar surface area (TPSA) is 85.9 Å². The summed E-state index contributed by atoms with van der Waals surface area (Å²) in [6.07, 6.45) is 2.93. The third-order valence-corrected chi connectivity index (χ3v) is 3.70. The first-order chi connectivity index (χ1) is 11.1. The maximum Gasteiger partial charge on any atom is 0.145 e. The summed E-state index contributed by atoms with van der Waals surface area (Å²) in [7, 11) is 0. The van der Waals surface area contributed by atoms with Crippen LogP contribution in [0.15, 0.2) is 47.6 Å². The number of aryl methyl sites for hydroxylation is 1. The number of fused-ring (bicyclic) bond motifs is 1. The van der Waals surface area contributed by atoms with Crippen LogP contribution < -0.4 is 0 Å². The van der Waals surface area contributed by atoms with Crippen molar-refractivity contribution in [2.75, 3.05) is 0 Å². The van der Waals surface area contributed by atoms with Crippen molar-refractivity contribution < 1.29 is 15.3 Å². The van der Waals surface area contributed by atoms with E-state index in [0.717, 1.165) is 10.8 Å². The van der Waals surface area contributed by atoms with Crippen molar-refractivity contribution in [3.63, 3.8) is 0 Å². The number of nitrogens with zero attached hydrogens (tertiary/aromatic N) is 2. The predicted molar refractivity (Wildman–Crippen MR) is 89.4 cm³/mol. The predicted octanol–water partition coefficient (Wildman–Crippen LogP) is 3.20. The molecule has 2 aromatic carbocycles. The quantitative estimate of drug-likeness (QED) is 0.649. The van der Waals surface area contributed by atoms with Crippen LogP contribution in [0.4, 0.5) is 5.69 Å². The fourth-order valence-electron chi connectivity index (χ4n) is 2.38. The minimum atomic E-state index is -0.258. The van der Waals surface area contributed by atoms with Crippen LogP contribution in [0.2, 0.25) is 0 Å². The van der Waals surface area contributed by atoms with Crippen LogP contribution >= 0.6 is 0 Å². The molecule has 1 aromatic heterocycles. The van der Waals surface area contributed by atoms with Crippen LogP contribution in [0.3, 0.4) is 0 Å². The molecule has 0 unspecified atom stereocenters. The summed E-state index contributed by atoms with van der Waals surface area (Å²) in [5, 5.41) is 31.4. The van der Waals surface area contributed by atoms with Gasteiger partial charge in [-0.1, -0.05) is 24.3 Å². The molecule has 0 saturated heterocycles. The summed E-state index contributed by atoms with van der Waals surface area (Å²) in [5.41, 5.74) is 1.71. The van der Waals surface area contributed by atoms with Gasteiger partial charge < -0.3 is 15.3 Å². The van der Waals surface area contributed by atoms with Crippen LogP contribution in [0.5, 0.6) is 11.5 Å². The molecule has 23 heavy (non-hydrogen) atoms. The highest BCUT2D eigenvalue weighted by atomic mass is 16.3. The number of aliphatic hydroxyl groups is 1. The van der Waals surface area contributed by atoms with Gasteiger partial charge in [0.15, 0.2) is 0 Å². The first-order valence-electron chi connectivity index (χ1n) is 7.14. The van der Waals surface area contributed by atoms with Crippen LogP contribution in [0.1, 0.15) is 16.8 Å². The molecule has 0 aliphatic rings. The maximum atomic E-state index is 10.1. The summed E-state index contributed by atoms with van der Waals surface area (Å²) in [4.78, 5) is 8.27. The number of aliphatic hydroxyl groups excluding tert-OH is 1. The Bertz CT molecular complexity index is 904. The van der Waals surface area contributed by atoms with Gasteiger partial charge >= 0.3 is 0 Å². The average Bonchev–Trinajstić information content (AvgIpc) is 2.56. The number of pyridine rings is 1. The number of rotatable bonds is 3. The van der Waals surface area contributed by atoms with E-state index in [9.17, 15) is 15.3 Å². The molecule has 0 atom stereocenters. The molecule has 0 fully saturated rings. The van der Waals surface area contributed by atoms with Gasteiger partial charge in [0.1, 0.15) is 17.2 Å². The van der Waals surface area contributed by atoms with E-state index in [1.54, 1.807) is 19.1 Å². The van der Waals surface area contributed by atoms with Crippen molar-refractivity contribution in [3.8, 4) is 11.5 Å². The normalized spacial score (nSPS) is 11.4. The summed E-state index contributed by atoms with van der Waals surface area (Å²) in [5.74, 6) is 0.0244. The fraction of sp³-hybridized carbons (Fsp3) is 0.111. The molecule has 5 heteroatoms. The summed E-state index contributed by atoms with van der Waals surface area (Å²) < 4.78 is 0. The number of hydrogen-bond donors (Lipinski definition) is 3. The van der Waals surface area contributed by atoms with E-state index < -0.39 is 0 Å². The first-order valence-corrected chi connectivity index (χ1v) is 7.14. The maximum absolute atomic E-state index is 10.1. The molecule has 3 N–H and O–H groups in total. The molecule has 3 aromatic rings. The average molecular weight is 308 g/mol. The van der Waals surface area contributed by atoms with E-state index in [2.05, 4.69) is 9.98 Å². The molecule has 1 heterocycles. The van der Waals surface area contributed by atoms with Crippen molar-refractivity contribution in [1.29, 1.82) is 0 Å². The Labute approximate surface area is 133 Å². The zero-order valence-corrected chi connectivity index (χ0v) is 12.6. The molecule has 0 amide bonds. The lowest BCUT2D eigenvalue weighted by molar-refractivity contribution is 0.280. The third-order valence-electron chi connectivity index (χ3n) is 3.70. The van der Waals surface area contributed by atoms with Gasteiger partial charge in [0, 0.05) is 23.5 Å². The number of aromatic hydroxyl groups is 2. The van der Waals surface area contributed by atoms with Gasteiger partial charge in [0.05, 0.1) is 12.3 Å². The van der Waals surface area contributed by atoms with Gasteiger partial charge in [-0.25, -0.2) is 0 Å².